The number of imide groups is 1. The van der Waals surface area contributed by atoms with Crippen molar-refractivity contribution in [2.75, 3.05) is 19.6 Å². The van der Waals surface area contributed by atoms with Crippen molar-refractivity contribution in [3.8, 4) is 0 Å². The molecule has 0 radical (unpaired) electrons. The lowest BCUT2D eigenvalue weighted by Gasteiger charge is -2.32. The molecule has 1 fully saturated rings. The number of carbonyl (C=O) groups is 4. The van der Waals surface area contributed by atoms with Gasteiger partial charge in [-0.2, -0.15) is 0 Å². The third kappa shape index (κ3) is 3.73. The molecule has 8 heteroatoms. The summed E-state index contributed by atoms with van der Waals surface area (Å²) in [6, 6.07) is 11.6. The molecule has 0 bridgehead atoms. The molecule has 0 aliphatic carbocycles. The number of nitrogens with one attached hydrogen (secondary N) is 1. The van der Waals surface area contributed by atoms with Crippen molar-refractivity contribution in [3.63, 3.8) is 0 Å². The minimum absolute atomic E-state index is 0.106. The molecule has 0 saturated carbocycles. The first-order chi connectivity index (χ1) is 14.0. The Labute approximate surface area is 167 Å². The smallest absolute Gasteiger partial charge is 0.272 e. The van der Waals surface area contributed by atoms with Gasteiger partial charge in [0.25, 0.3) is 17.7 Å². The van der Waals surface area contributed by atoms with Gasteiger partial charge in [0.05, 0.1) is 11.1 Å². The summed E-state index contributed by atoms with van der Waals surface area (Å²) < 4.78 is 0. The molecule has 1 aromatic heterocycles. The number of likely N-dealkylation sites (tertiary alicyclic amines) is 1. The maximum absolute atomic E-state index is 12.4. The number of piperidine rings is 1. The molecule has 29 heavy (non-hydrogen) atoms. The minimum atomic E-state index is -0.448. The number of fused-ring (bicyclic) bond motifs is 1. The number of pyridine rings is 1. The van der Waals surface area contributed by atoms with E-state index in [1.807, 2.05) is 0 Å². The lowest BCUT2D eigenvalue weighted by atomic mass is 10.0. The molecule has 3 heterocycles. The maximum atomic E-state index is 12.4. The topological polar surface area (TPSA) is 99.7 Å². The Morgan fingerprint density at radius 3 is 2.17 bits per heavy atom. The highest BCUT2D eigenvalue weighted by Crippen LogP contribution is 2.22. The van der Waals surface area contributed by atoms with E-state index in [-0.39, 0.29) is 24.4 Å². The van der Waals surface area contributed by atoms with Crippen LogP contribution in [0.2, 0.25) is 0 Å². The average molecular weight is 392 g/mol. The number of nitrogens with zero attached hydrogens (tertiary/aromatic N) is 3. The molecule has 0 unspecified atom stereocenters. The summed E-state index contributed by atoms with van der Waals surface area (Å²) in [4.78, 5) is 56.3. The SMILES string of the molecule is O=C(CN1C(=O)c2ccccc2C1=O)NC1CCN(C(=O)c2ccccn2)CC1. The van der Waals surface area contributed by atoms with Crippen molar-refractivity contribution < 1.29 is 19.2 Å². The number of hydrogen-bond acceptors (Lipinski definition) is 5. The highest BCUT2D eigenvalue weighted by Gasteiger charge is 2.36. The van der Waals surface area contributed by atoms with Gasteiger partial charge >= 0.3 is 0 Å². The predicted octanol–water partition coefficient (Wildman–Crippen LogP) is 1.10. The van der Waals surface area contributed by atoms with E-state index in [4.69, 9.17) is 0 Å². The van der Waals surface area contributed by atoms with Gasteiger partial charge in [-0.15, -0.1) is 0 Å². The summed E-state index contributed by atoms with van der Waals surface area (Å²) in [5.41, 5.74) is 1.05. The first kappa shape index (κ1) is 18.8. The standard InChI is InChI=1S/C21H20N4O4/c26-18(13-25-19(27)15-5-1-2-6-16(15)20(25)28)23-14-8-11-24(12-9-14)21(29)17-7-3-4-10-22-17/h1-7,10,14H,8-9,11-13H2,(H,23,26). The fourth-order valence-corrected chi connectivity index (χ4v) is 3.68. The number of hydrogen-bond donors (Lipinski definition) is 1. The summed E-state index contributed by atoms with van der Waals surface area (Å²) in [5, 5.41) is 2.87. The second-order valence-electron chi connectivity index (χ2n) is 7.09. The van der Waals surface area contributed by atoms with Gasteiger partial charge in [-0.05, 0) is 37.1 Å². The first-order valence-electron chi connectivity index (χ1n) is 9.49. The van der Waals surface area contributed by atoms with E-state index in [9.17, 15) is 19.2 Å². The Kier molecular flexibility index (Phi) is 5.07. The normalized spacial score (nSPS) is 16.7. The summed E-state index contributed by atoms with van der Waals surface area (Å²) in [7, 11) is 0. The van der Waals surface area contributed by atoms with Crippen LogP contribution in [0.5, 0.6) is 0 Å². The summed E-state index contributed by atoms with van der Waals surface area (Å²) in [5.74, 6) is -1.40. The van der Waals surface area contributed by atoms with Gasteiger partial charge < -0.3 is 10.2 Å². The predicted molar refractivity (Wildman–Crippen MR) is 103 cm³/mol. The molecule has 1 saturated heterocycles. The molecular formula is C21H20N4O4. The molecule has 1 N–H and O–H groups in total. The van der Waals surface area contributed by atoms with Gasteiger partial charge in [0.2, 0.25) is 5.91 Å². The first-order valence-corrected chi connectivity index (χ1v) is 9.49. The number of benzene rings is 1. The third-order valence-electron chi connectivity index (χ3n) is 5.21. The van der Waals surface area contributed by atoms with E-state index in [1.165, 1.54) is 0 Å². The molecule has 148 valence electrons. The van der Waals surface area contributed by atoms with Crippen LogP contribution >= 0.6 is 0 Å². The molecule has 2 aliphatic rings. The van der Waals surface area contributed by atoms with Gasteiger partial charge in [0.1, 0.15) is 12.2 Å². The summed E-state index contributed by atoms with van der Waals surface area (Å²) in [6.45, 7) is 0.709. The zero-order valence-corrected chi connectivity index (χ0v) is 15.7. The largest absolute Gasteiger partial charge is 0.352 e. The zero-order chi connectivity index (χ0) is 20.4. The van der Waals surface area contributed by atoms with Crippen LogP contribution in [-0.2, 0) is 4.79 Å². The number of aromatic nitrogens is 1. The van der Waals surface area contributed by atoms with E-state index < -0.39 is 11.8 Å². The monoisotopic (exact) mass is 392 g/mol. The molecule has 2 aromatic rings. The van der Waals surface area contributed by atoms with Crippen molar-refractivity contribution in [1.29, 1.82) is 0 Å². The van der Waals surface area contributed by atoms with Crippen LogP contribution in [0.1, 0.15) is 44.0 Å². The van der Waals surface area contributed by atoms with Gasteiger partial charge in [-0.1, -0.05) is 18.2 Å². The van der Waals surface area contributed by atoms with Crippen LogP contribution < -0.4 is 5.32 Å². The average Bonchev–Trinajstić information content (AvgIpc) is 2.99. The Morgan fingerprint density at radius 1 is 0.966 bits per heavy atom. The quantitative estimate of drug-likeness (QED) is 0.786. The Hall–Kier alpha value is -3.55. The molecule has 8 nitrogen and oxygen atoms in total. The van der Waals surface area contributed by atoms with E-state index in [2.05, 4.69) is 10.3 Å². The van der Waals surface area contributed by atoms with Gasteiger partial charge in [-0.25, -0.2) is 0 Å². The van der Waals surface area contributed by atoms with Crippen LogP contribution in [0, 0.1) is 0 Å². The van der Waals surface area contributed by atoms with Crippen LogP contribution in [0.3, 0.4) is 0 Å². The fourth-order valence-electron chi connectivity index (χ4n) is 3.68. The third-order valence-corrected chi connectivity index (χ3v) is 5.21. The number of amides is 4. The fraction of sp³-hybridized carbons (Fsp3) is 0.286. The van der Waals surface area contributed by atoms with E-state index in [1.54, 1.807) is 53.6 Å². The molecule has 2 aliphatic heterocycles. The number of carbonyl (C=O) groups excluding carboxylic acids is 4. The molecule has 4 rings (SSSR count). The van der Waals surface area contributed by atoms with E-state index >= 15 is 0 Å². The highest BCUT2D eigenvalue weighted by atomic mass is 16.2. The Balaban J connectivity index is 1.29. The van der Waals surface area contributed by atoms with Crippen molar-refractivity contribution >= 4 is 23.6 Å². The molecule has 4 amide bonds. The van der Waals surface area contributed by atoms with Gasteiger partial charge in [-0.3, -0.25) is 29.1 Å². The lowest BCUT2D eigenvalue weighted by molar-refractivity contribution is -0.122. The highest BCUT2D eigenvalue weighted by molar-refractivity contribution is 6.22. The van der Waals surface area contributed by atoms with E-state index in [0.29, 0.717) is 42.8 Å². The van der Waals surface area contributed by atoms with Crippen molar-refractivity contribution in [3.05, 3.63) is 65.5 Å². The maximum Gasteiger partial charge on any atom is 0.272 e. The van der Waals surface area contributed by atoms with Crippen molar-refractivity contribution in [2.45, 2.75) is 18.9 Å². The van der Waals surface area contributed by atoms with Gasteiger partial charge in [0, 0.05) is 25.3 Å². The molecule has 1 aromatic carbocycles. The number of rotatable bonds is 4. The van der Waals surface area contributed by atoms with Crippen molar-refractivity contribution in [2.24, 2.45) is 0 Å². The minimum Gasteiger partial charge on any atom is -0.352 e. The molecule has 0 atom stereocenters. The zero-order valence-electron chi connectivity index (χ0n) is 15.7. The van der Waals surface area contributed by atoms with E-state index in [0.717, 1.165) is 4.90 Å². The molecular weight excluding hydrogens is 372 g/mol. The Morgan fingerprint density at radius 2 is 1.59 bits per heavy atom. The van der Waals surface area contributed by atoms with Gasteiger partial charge in [0.15, 0.2) is 0 Å². The lowest BCUT2D eigenvalue weighted by Crippen LogP contribution is -2.49. The van der Waals surface area contributed by atoms with Crippen LogP contribution in [0.15, 0.2) is 48.7 Å². The molecule has 0 spiro atoms. The van der Waals surface area contributed by atoms with Crippen LogP contribution in [0.4, 0.5) is 0 Å². The second kappa shape index (κ2) is 7.83. The summed E-state index contributed by atoms with van der Waals surface area (Å²) in [6.07, 6.45) is 2.79. The van der Waals surface area contributed by atoms with Crippen molar-refractivity contribution in [1.82, 2.24) is 20.1 Å². The van der Waals surface area contributed by atoms with Crippen LogP contribution in [0.25, 0.3) is 0 Å². The van der Waals surface area contributed by atoms with Crippen LogP contribution in [-0.4, -0.2) is 64.1 Å². The Bertz CT molecular complexity index is 933. The second-order valence-corrected chi connectivity index (χ2v) is 7.09. The summed E-state index contributed by atoms with van der Waals surface area (Å²) >= 11 is 0.